The van der Waals surface area contributed by atoms with Gasteiger partial charge in [-0.1, -0.05) is 24.6 Å². The number of piperidine rings is 1. The summed E-state index contributed by atoms with van der Waals surface area (Å²) < 4.78 is 5.90. The van der Waals surface area contributed by atoms with E-state index in [1.54, 1.807) is 0 Å². The van der Waals surface area contributed by atoms with Crippen molar-refractivity contribution in [3.8, 4) is 0 Å². The molecule has 1 fully saturated rings. The summed E-state index contributed by atoms with van der Waals surface area (Å²) in [5.41, 5.74) is 8.18. The molecular formula is C17H27ClN2O. The van der Waals surface area contributed by atoms with E-state index in [0.29, 0.717) is 6.10 Å². The maximum absolute atomic E-state index is 6.40. The van der Waals surface area contributed by atoms with Crippen LogP contribution in [0.15, 0.2) is 18.2 Å². The molecule has 0 radical (unpaired) electrons. The Labute approximate surface area is 133 Å². The van der Waals surface area contributed by atoms with Crippen molar-refractivity contribution in [1.82, 2.24) is 0 Å². The molecule has 3 nitrogen and oxygen atoms in total. The average molecular weight is 311 g/mol. The largest absolute Gasteiger partial charge is 0.376 e. The van der Waals surface area contributed by atoms with Gasteiger partial charge >= 0.3 is 0 Å². The number of halogens is 1. The molecule has 0 aromatic heterocycles. The van der Waals surface area contributed by atoms with Gasteiger partial charge < -0.3 is 15.4 Å². The highest BCUT2D eigenvalue weighted by Gasteiger charge is 2.21. The molecule has 2 N–H and O–H groups in total. The van der Waals surface area contributed by atoms with Gasteiger partial charge in [-0.05, 0) is 50.3 Å². The summed E-state index contributed by atoms with van der Waals surface area (Å²) in [5.74, 6) is 0. The molecule has 1 aromatic rings. The molecule has 1 aromatic carbocycles. The first kappa shape index (κ1) is 16.6. The van der Waals surface area contributed by atoms with E-state index in [0.717, 1.165) is 49.5 Å². The molecule has 21 heavy (non-hydrogen) atoms. The highest BCUT2D eigenvalue weighted by molar-refractivity contribution is 6.31. The Morgan fingerprint density at radius 3 is 2.95 bits per heavy atom. The second-order valence-corrected chi connectivity index (χ2v) is 6.45. The number of hydrogen-bond acceptors (Lipinski definition) is 3. The van der Waals surface area contributed by atoms with E-state index in [9.17, 15) is 0 Å². The Morgan fingerprint density at radius 1 is 1.48 bits per heavy atom. The number of nitrogens with zero attached hydrogens (tertiary/aromatic N) is 1. The van der Waals surface area contributed by atoms with Crippen molar-refractivity contribution < 1.29 is 4.74 Å². The first-order valence-electron chi connectivity index (χ1n) is 8.00. The molecular weight excluding hydrogens is 284 g/mol. The van der Waals surface area contributed by atoms with Crippen molar-refractivity contribution in [1.29, 1.82) is 0 Å². The molecule has 2 unspecified atom stereocenters. The van der Waals surface area contributed by atoms with Gasteiger partial charge in [0.05, 0.1) is 6.10 Å². The Morgan fingerprint density at radius 2 is 2.29 bits per heavy atom. The van der Waals surface area contributed by atoms with Crippen LogP contribution in [-0.2, 0) is 11.2 Å². The summed E-state index contributed by atoms with van der Waals surface area (Å²) in [4.78, 5) is 2.38. The lowest BCUT2D eigenvalue weighted by Crippen LogP contribution is -2.39. The Balaban J connectivity index is 2.02. The van der Waals surface area contributed by atoms with E-state index in [1.807, 2.05) is 6.92 Å². The summed E-state index contributed by atoms with van der Waals surface area (Å²) in [6.07, 6.45) is 4.58. The van der Waals surface area contributed by atoms with Gasteiger partial charge in [0.25, 0.3) is 0 Å². The molecule has 0 bridgehead atoms. The van der Waals surface area contributed by atoms with E-state index in [-0.39, 0.29) is 6.04 Å². The number of nitrogens with two attached hydrogens (primary N) is 1. The molecule has 4 heteroatoms. The molecule has 0 spiro atoms. The van der Waals surface area contributed by atoms with Gasteiger partial charge in [0.15, 0.2) is 0 Å². The van der Waals surface area contributed by atoms with E-state index >= 15 is 0 Å². The third-order valence-corrected chi connectivity index (χ3v) is 4.23. The summed E-state index contributed by atoms with van der Waals surface area (Å²) >= 11 is 6.40. The quantitative estimate of drug-likeness (QED) is 0.872. The first-order valence-corrected chi connectivity index (χ1v) is 8.38. The van der Waals surface area contributed by atoms with E-state index in [2.05, 4.69) is 30.0 Å². The third kappa shape index (κ3) is 4.87. The zero-order valence-electron chi connectivity index (χ0n) is 13.1. The van der Waals surface area contributed by atoms with Crippen molar-refractivity contribution in [2.75, 3.05) is 24.6 Å². The minimum Gasteiger partial charge on any atom is -0.376 e. The van der Waals surface area contributed by atoms with Crippen LogP contribution in [0.5, 0.6) is 0 Å². The average Bonchev–Trinajstić information content (AvgIpc) is 2.47. The zero-order valence-corrected chi connectivity index (χ0v) is 13.9. The third-order valence-electron chi connectivity index (χ3n) is 3.88. The minimum atomic E-state index is 0.134. The van der Waals surface area contributed by atoms with Gasteiger partial charge in [-0.25, -0.2) is 0 Å². The predicted molar refractivity (Wildman–Crippen MR) is 90.3 cm³/mol. The van der Waals surface area contributed by atoms with Gasteiger partial charge in [0.2, 0.25) is 0 Å². The monoisotopic (exact) mass is 310 g/mol. The lowest BCUT2D eigenvalue weighted by atomic mass is 10.0. The van der Waals surface area contributed by atoms with Crippen LogP contribution in [0.2, 0.25) is 5.02 Å². The Bertz CT molecular complexity index is 450. The van der Waals surface area contributed by atoms with Crippen LogP contribution in [0.4, 0.5) is 5.69 Å². The van der Waals surface area contributed by atoms with Gasteiger partial charge in [0, 0.05) is 36.4 Å². The zero-order chi connectivity index (χ0) is 15.2. The fourth-order valence-electron chi connectivity index (χ4n) is 2.84. The summed E-state index contributed by atoms with van der Waals surface area (Å²) in [5, 5.41) is 0.821. The molecule has 1 saturated heterocycles. The van der Waals surface area contributed by atoms with E-state index in [4.69, 9.17) is 22.1 Å². The number of rotatable bonds is 6. The van der Waals surface area contributed by atoms with Crippen LogP contribution in [0.3, 0.4) is 0 Å². The Hall–Kier alpha value is -0.770. The lowest BCUT2D eigenvalue weighted by molar-refractivity contribution is 0.0440. The van der Waals surface area contributed by atoms with Crippen LogP contribution in [0.25, 0.3) is 0 Å². The second kappa shape index (κ2) is 8.02. The molecule has 0 aliphatic carbocycles. The topological polar surface area (TPSA) is 38.5 Å². The molecule has 0 saturated carbocycles. The highest BCUT2D eigenvalue weighted by Crippen LogP contribution is 2.27. The maximum Gasteiger partial charge on any atom is 0.0750 e. The summed E-state index contributed by atoms with van der Waals surface area (Å²) in [6, 6.07) is 6.47. The van der Waals surface area contributed by atoms with Crippen molar-refractivity contribution in [2.24, 2.45) is 5.73 Å². The molecule has 1 aliphatic heterocycles. The van der Waals surface area contributed by atoms with E-state index in [1.165, 1.54) is 12.1 Å². The highest BCUT2D eigenvalue weighted by atomic mass is 35.5. The van der Waals surface area contributed by atoms with Crippen molar-refractivity contribution in [2.45, 2.75) is 51.7 Å². The molecule has 2 atom stereocenters. The first-order chi connectivity index (χ1) is 10.1. The van der Waals surface area contributed by atoms with Gasteiger partial charge in [-0.15, -0.1) is 0 Å². The maximum atomic E-state index is 6.40. The lowest BCUT2D eigenvalue weighted by Gasteiger charge is -2.34. The molecule has 118 valence electrons. The molecule has 2 rings (SSSR count). The van der Waals surface area contributed by atoms with Gasteiger partial charge in [-0.3, -0.25) is 0 Å². The van der Waals surface area contributed by atoms with Crippen molar-refractivity contribution in [3.63, 3.8) is 0 Å². The summed E-state index contributed by atoms with van der Waals surface area (Å²) in [7, 11) is 0. The van der Waals surface area contributed by atoms with Crippen LogP contribution < -0.4 is 10.6 Å². The van der Waals surface area contributed by atoms with Crippen LogP contribution in [0.1, 0.15) is 38.7 Å². The fraction of sp³-hybridized carbons (Fsp3) is 0.647. The smallest absolute Gasteiger partial charge is 0.0750 e. The summed E-state index contributed by atoms with van der Waals surface area (Å²) in [6.45, 7) is 7.05. The molecule has 1 aliphatic rings. The number of anilines is 1. The minimum absolute atomic E-state index is 0.134. The normalized spacial score (nSPS) is 20.6. The second-order valence-electron chi connectivity index (χ2n) is 6.04. The van der Waals surface area contributed by atoms with Gasteiger partial charge in [0.1, 0.15) is 0 Å². The van der Waals surface area contributed by atoms with Gasteiger partial charge in [-0.2, -0.15) is 0 Å². The number of benzene rings is 1. The predicted octanol–water partition coefficient (Wildman–Crippen LogP) is 3.63. The number of hydrogen-bond donors (Lipinski definition) is 1. The SMILES string of the molecule is CCCOC1CCCN(c2ccc(CC(C)N)c(Cl)c2)C1. The van der Waals surface area contributed by atoms with Crippen LogP contribution >= 0.6 is 11.6 Å². The van der Waals surface area contributed by atoms with Crippen LogP contribution in [0, 0.1) is 0 Å². The van der Waals surface area contributed by atoms with Crippen molar-refractivity contribution in [3.05, 3.63) is 28.8 Å². The number of ether oxygens (including phenoxy) is 1. The van der Waals surface area contributed by atoms with E-state index < -0.39 is 0 Å². The fourth-order valence-corrected chi connectivity index (χ4v) is 3.09. The van der Waals surface area contributed by atoms with Crippen LogP contribution in [-0.4, -0.2) is 31.8 Å². The molecule has 1 heterocycles. The van der Waals surface area contributed by atoms with Crippen molar-refractivity contribution >= 4 is 17.3 Å². The molecule has 0 amide bonds. The Kier molecular flexibility index (Phi) is 6.34. The standard InChI is InChI=1S/C17H27ClN2O/c1-3-9-21-16-5-4-8-20(12-16)15-7-6-14(10-13(2)19)17(18)11-15/h6-7,11,13,16H,3-5,8-10,12,19H2,1-2H3.